The van der Waals surface area contributed by atoms with Crippen molar-refractivity contribution >= 4 is 27.5 Å². The number of nitrogens with one attached hydrogen (secondary N) is 1. The van der Waals surface area contributed by atoms with Crippen LogP contribution in [0.25, 0.3) is 0 Å². The Labute approximate surface area is 136 Å². The van der Waals surface area contributed by atoms with Crippen LogP contribution < -0.4 is 5.48 Å². The van der Waals surface area contributed by atoms with Crippen LogP contribution in [0.1, 0.15) is 21.5 Å². The number of carbonyl (C=O) groups is 1. The molecule has 0 aromatic heterocycles. The first-order valence-electron chi connectivity index (χ1n) is 6.71. The van der Waals surface area contributed by atoms with Gasteiger partial charge in [-0.2, -0.15) is 0 Å². The summed E-state index contributed by atoms with van der Waals surface area (Å²) in [4.78, 5) is 22.0. The molecule has 110 valence electrons. The molecule has 0 saturated heterocycles. The van der Waals surface area contributed by atoms with E-state index in [9.17, 15) is 4.79 Å². The van der Waals surface area contributed by atoms with Crippen LogP contribution in [-0.2, 0) is 4.84 Å². The van der Waals surface area contributed by atoms with Crippen LogP contribution in [0.15, 0.2) is 70.0 Å². The maximum atomic E-state index is 12.5. The van der Waals surface area contributed by atoms with Gasteiger partial charge in [-0.3, -0.25) is 4.79 Å². The van der Waals surface area contributed by atoms with Crippen molar-refractivity contribution in [1.29, 1.82) is 0 Å². The smallest absolute Gasteiger partial charge is 0.214 e. The first kappa shape index (κ1) is 14.5. The van der Waals surface area contributed by atoms with Gasteiger partial charge in [0, 0.05) is 15.6 Å². The molecule has 22 heavy (non-hydrogen) atoms. The van der Waals surface area contributed by atoms with Crippen LogP contribution in [0.3, 0.4) is 0 Å². The SMILES string of the molecule is Cc1ccc(C2=NC(C(=O)c3cccc(Br)c3)=CON2)cc1. The number of amidine groups is 1. The largest absolute Gasteiger partial charge is 0.386 e. The molecule has 4 nitrogen and oxygen atoms in total. The Morgan fingerprint density at radius 2 is 1.95 bits per heavy atom. The normalized spacial score (nSPS) is 13.5. The molecular formula is C17H13BrN2O2. The number of hydrogen-bond acceptors (Lipinski definition) is 4. The number of nitrogens with zero attached hydrogens (tertiary/aromatic N) is 1. The summed E-state index contributed by atoms with van der Waals surface area (Å²) in [7, 11) is 0. The molecule has 0 aliphatic carbocycles. The van der Waals surface area contributed by atoms with E-state index in [1.54, 1.807) is 12.1 Å². The second kappa shape index (κ2) is 6.15. The van der Waals surface area contributed by atoms with Crippen molar-refractivity contribution in [2.75, 3.05) is 0 Å². The van der Waals surface area contributed by atoms with E-state index < -0.39 is 0 Å². The molecule has 0 atom stereocenters. The Morgan fingerprint density at radius 1 is 1.18 bits per heavy atom. The Kier molecular flexibility index (Phi) is 4.06. The first-order valence-corrected chi connectivity index (χ1v) is 7.50. The van der Waals surface area contributed by atoms with Gasteiger partial charge in [0.05, 0.1) is 0 Å². The predicted octanol–water partition coefficient (Wildman–Crippen LogP) is 3.76. The van der Waals surface area contributed by atoms with E-state index in [0.717, 1.165) is 15.6 Å². The zero-order chi connectivity index (χ0) is 15.5. The fourth-order valence-corrected chi connectivity index (χ4v) is 2.43. The summed E-state index contributed by atoms with van der Waals surface area (Å²) in [5, 5.41) is 0. The van der Waals surface area contributed by atoms with Gasteiger partial charge < -0.3 is 4.84 Å². The number of allylic oxidation sites excluding steroid dienone is 1. The lowest BCUT2D eigenvalue weighted by Gasteiger charge is -2.15. The topological polar surface area (TPSA) is 50.7 Å². The minimum absolute atomic E-state index is 0.188. The van der Waals surface area contributed by atoms with E-state index in [0.29, 0.717) is 11.4 Å². The number of hydroxylamine groups is 1. The van der Waals surface area contributed by atoms with Gasteiger partial charge in [-0.25, -0.2) is 10.5 Å². The molecule has 1 N–H and O–H groups in total. The standard InChI is InChI=1S/C17H13BrN2O2/c1-11-5-7-12(8-6-11)17-19-15(10-22-20-17)16(21)13-3-2-4-14(18)9-13/h2-10H,1H3,(H,19,20). The predicted molar refractivity (Wildman–Crippen MR) is 88.5 cm³/mol. The van der Waals surface area contributed by atoms with Gasteiger partial charge in [0.15, 0.2) is 11.5 Å². The van der Waals surface area contributed by atoms with Crippen LogP contribution in [0.5, 0.6) is 0 Å². The summed E-state index contributed by atoms with van der Waals surface area (Å²) >= 11 is 3.36. The molecule has 0 radical (unpaired) electrons. The number of aliphatic imine (C=N–C) groups is 1. The van der Waals surface area contributed by atoms with Gasteiger partial charge in [-0.05, 0) is 19.1 Å². The molecule has 1 aliphatic rings. The van der Waals surface area contributed by atoms with Crippen LogP contribution >= 0.6 is 15.9 Å². The third kappa shape index (κ3) is 3.09. The van der Waals surface area contributed by atoms with E-state index in [1.807, 2.05) is 43.3 Å². The van der Waals surface area contributed by atoms with Gasteiger partial charge >= 0.3 is 0 Å². The van der Waals surface area contributed by atoms with Crippen molar-refractivity contribution in [3.8, 4) is 0 Å². The van der Waals surface area contributed by atoms with Crippen molar-refractivity contribution < 1.29 is 9.63 Å². The number of aryl methyl sites for hydroxylation is 1. The summed E-state index contributed by atoms with van der Waals surface area (Å²) < 4.78 is 0.844. The number of Topliss-reactive ketones (excluding diaryl/α,β-unsaturated/α-hetero) is 1. The molecular weight excluding hydrogens is 344 g/mol. The minimum Gasteiger partial charge on any atom is -0.386 e. The zero-order valence-corrected chi connectivity index (χ0v) is 13.4. The Morgan fingerprint density at radius 3 is 2.68 bits per heavy atom. The summed E-state index contributed by atoms with van der Waals surface area (Å²) in [5.74, 6) is 0.327. The number of halogens is 1. The Hall–Kier alpha value is -2.40. The molecule has 0 spiro atoms. The zero-order valence-electron chi connectivity index (χ0n) is 11.8. The molecule has 3 rings (SSSR count). The van der Waals surface area contributed by atoms with Crippen LogP contribution in [0.2, 0.25) is 0 Å². The Bertz CT molecular complexity index is 780. The molecule has 0 unspecified atom stereocenters. The quantitative estimate of drug-likeness (QED) is 0.851. The third-order valence-electron chi connectivity index (χ3n) is 3.20. The van der Waals surface area contributed by atoms with Gasteiger partial charge in [0.1, 0.15) is 6.26 Å². The highest BCUT2D eigenvalue weighted by molar-refractivity contribution is 9.10. The lowest BCUT2D eigenvalue weighted by molar-refractivity contribution is 0.101. The van der Waals surface area contributed by atoms with Crippen LogP contribution in [0, 0.1) is 6.92 Å². The fraction of sp³-hybridized carbons (Fsp3) is 0.0588. The molecule has 0 amide bonds. The highest BCUT2D eigenvalue weighted by Gasteiger charge is 2.18. The Balaban J connectivity index is 1.90. The van der Waals surface area contributed by atoms with E-state index in [-0.39, 0.29) is 11.5 Å². The second-order valence-electron chi connectivity index (χ2n) is 4.89. The number of carbonyl (C=O) groups excluding carboxylic acids is 1. The van der Waals surface area contributed by atoms with E-state index in [2.05, 4.69) is 26.4 Å². The number of rotatable bonds is 3. The maximum Gasteiger partial charge on any atom is 0.214 e. The molecule has 0 saturated carbocycles. The van der Waals surface area contributed by atoms with Crippen molar-refractivity contribution in [3.05, 3.63) is 81.7 Å². The number of benzene rings is 2. The monoisotopic (exact) mass is 356 g/mol. The summed E-state index contributed by atoms with van der Waals surface area (Å²) in [6.45, 7) is 2.01. The average molecular weight is 357 g/mol. The van der Waals surface area contributed by atoms with E-state index in [4.69, 9.17) is 4.84 Å². The number of ketones is 1. The fourth-order valence-electron chi connectivity index (χ4n) is 2.03. The molecule has 1 aliphatic heterocycles. The van der Waals surface area contributed by atoms with Crippen LogP contribution in [-0.4, -0.2) is 11.6 Å². The minimum atomic E-state index is -0.188. The lowest BCUT2D eigenvalue weighted by Crippen LogP contribution is -2.27. The molecule has 0 bridgehead atoms. The van der Waals surface area contributed by atoms with E-state index in [1.165, 1.54) is 6.26 Å². The highest BCUT2D eigenvalue weighted by Crippen LogP contribution is 2.18. The summed E-state index contributed by atoms with van der Waals surface area (Å²) in [5.41, 5.74) is 5.54. The molecule has 2 aromatic carbocycles. The van der Waals surface area contributed by atoms with Crippen molar-refractivity contribution in [3.63, 3.8) is 0 Å². The van der Waals surface area contributed by atoms with Gasteiger partial charge in [0.2, 0.25) is 5.78 Å². The van der Waals surface area contributed by atoms with Crippen molar-refractivity contribution in [2.45, 2.75) is 6.92 Å². The molecule has 5 heteroatoms. The van der Waals surface area contributed by atoms with Crippen LogP contribution in [0.4, 0.5) is 0 Å². The number of hydrogen-bond donors (Lipinski definition) is 1. The lowest BCUT2D eigenvalue weighted by atomic mass is 10.1. The van der Waals surface area contributed by atoms with E-state index >= 15 is 0 Å². The van der Waals surface area contributed by atoms with Crippen molar-refractivity contribution in [2.24, 2.45) is 4.99 Å². The average Bonchev–Trinajstić information content (AvgIpc) is 2.55. The molecule has 0 fully saturated rings. The second-order valence-corrected chi connectivity index (χ2v) is 5.80. The molecule has 2 aromatic rings. The van der Waals surface area contributed by atoms with Gasteiger partial charge in [0.25, 0.3) is 0 Å². The van der Waals surface area contributed by atoms with Gasteiger partial charge in [-0.15, -0.1) is 0 Å². The molecule has 1 heterocycles. The van der Waals surface area contributed by atoms with Crippen molar-refractivity contribution in [1.82, 2.24) is 5.48 Å². The summed E-state index contributed by atoms with van der Waals surface area (Å²) in [6, 6.07) is 15.0. The third-order valence-corrected chi connectivity index (χ3v) is 3.70. The summed E-state index contributed by atoms with van der Waals surface area (Å²) in [6.07, 6.45) is 1.32. The maximum absolute atomic E-state index is 12.5. The first-order chi connectivity index (χ1) is 10.6. The van der Waals surface area contributed by atoms with Gasteiger partial charge in [-0.1, -0.05) is 57.9 Å². The highest BCUT2D eigenvalue weighted by atomic mass is 79.9.